The molecule has 0 fully saturated rings. The fourth-order valence-corrected chi connectivity index (χ4v) is 3.85. The summed E-state index contributed by atoms with van der Waals surface area (Å²) in [4.78, 5) is 11.7. The van der Waals surface area contributed by atoms with E-state index in [2.05, 4.69) is 53.6 Å². The summed E-state index contributed by atoms with van der Waals surface area (Å²) in [5.74, 6) is 1.75. The van der Waals surface area contributed by atoms with E-state index in [1.807, 2.05) is 34.9 Å². The van der Waals surface area contributed by atoms with E-state index in [0.717, 1.165) is 23.6 Å². The summed E-state index contributed by atoms with van der Waals surface area (Å²) in [6.07, 6.45) is 0.995. The first-order valence-electron chi connectivity index (χ1n) is 9.66. The number of thioether (sulfide) groups is 1. The van der Waals surface area contributed by atoms with Gasteiger partial charge < -0.3 is 10.1 Å². The van der Waals surface area contributed by atoms with Gasteiger partial charge in [0, 0.05) is 7.05 Å². The number of aromatic nitrogens is 3. The molecule has 2 aromatic carbocycles. The zero-order valence-corrected chi connectivity index (χ0v) is 17.8. The van der Waals surface area contributed by atoms with E-state index in [-0.39, 0.29) is 17.7 Å². The number of carbonyl (C=O) groups is 1. The van der Waals surface area contributed by atoms with E-state index in [9.17, 15) is 4.79 Å². The fraction of sp³-hybridized carbons (Fsp3) is 0.318. The molecular weight excluding hydrogens is 384 g/mol. The van der Waals surface area contributed by atoms with Gasteiger partial charge in [-0.05, 0) is 36.6 Å². The van der Waals surface area contributed by atoms with Crippen molar-refractivity contribution in [3.63, 3.8) is 0 Å². The van der Waals surface area contributed by atoms with E-state index in [4.69, 9.17) is 4.74 Å². The van der Waals surface area contributed by atoms with Crippen LogP contribution in [-0.4, -0.2) is 33.5 Å². The molecule has 3 rings (SSSR count). The zero-order valence-electron chi connectivity index (χ0n) is 17.0. The Balaban J connectivity index is 1.82. The van der Waals surface area contributed by atoms with Crippen molar-refractivity contribution in [2.75, 3.05) is 12.8 Å². The van der Waals surface area contributed by atoms with Crippen LogP contribution in [0.5, 0.6) is 5.75 Å². The first-order chi connectivity index (χ1) is 14.1. The number of rotatable bonds is 9. The molecule has 29 heavy (non-hydrogen) atoms. The number of ether oxygens (including phenoxy) is 1. The SMILES string of the molecule is CCc1ccc(OCc2nnc(SCC(=O)NC)n2[C@H](C)c2ccccc2)cc1. The number of amides is 1. The van der Waals surface area contributed by atoms with Crippen LogP contribution in [0.3, 0.4) is 0 Å². The molecule has 0 aliphatic rings. The molecule has 0 saturated heterocycles. The van der Waals surface area contributed by atoms with Crippen molar-refractivity contribution in [2.24, 2.45) is 0 Å². The molecule has 3 aromatic rings. The van der Waals surface area contributed by atoms with Crippen molar-refractivity contribution >= 4 is 17.7 Å². The Bertz CT molecular complexity index is 926. The number of carbonyl (C=O) groups excluding carboxylic acids is 1. The lowest BCUT2D eigenvalue weighted by Gasteiger charge is -2.18. The Hall–Kier alpha value is -2.80. The molecule has 1 amide bonds. The average Bonchev–Trinajstić information content (AvgIpc) is 3.19. The molecule has 7 heteroatoms. The van der Waals surface area contributed by atoms with Crippen LogP contribution in [0.4, 0.5) is 0 Å². The van der Waals surface area contributed by atoms with Gasteiger partial charge in [-0.1, -0.05) is 61.2 Å². The van der Waals surface area contributed by atoms with Crippen LogP contribution >= 0.6 is 11.8 Å². The average molecular weight is 411 g/mol. The van der Waals surface area contributed by atoms with Gasteiger partial charge in [0.25, 0.3) is 0 Å². The maximum absolute atomic E-state index is 11.7. The zero-order chi connectivity index (χ0) is 20.6. The van der Waals surface area contributed by atoms with Crippen molar-refractivity contribution in [1.82, 2.24) is 20.1 Å². The predicted octanol–water partition coefficient (Wildman–Crippen LogP) is 3.87. The van der Waals surface area contributed by atoms with Gasteiger partial charge >= 0.3 is 0 Å². The molecule has 0 bridgehead atoms. The molecule has 0 aliphatic heterocycles. The van der Waals surface area contributed by atoms with E-state index < -0.39 is 0 Å². The molecule has 0 spiro atoms. The second-order valence-corrected chi connectivity index (χ2v) is 7.55. The summed E-state index contributed by atoms with van der Waals surface area (Å²) in [5.41, 5.74) is 2.41. The summed E-state index contributed by atoms with van der Waals surface area (Å²) in [6, 6.07) is 18.3. The highest BCUT2D eigenvalue weighted by atomic mass is 32.2. The van der Waals surface area contributed by atoms with Crippen molar-refractivity contribution in [3.8, 4) is 5.75 Å². The highest BCUT2D eigenvalue weighted by Gasteiger charge is 2.20. The predicted molar refractivity (Wildman–Crippen MR) is 115 cm³/mol. The number of nitrogens with one attached hydrogen (secondary N) is 1. The molecule has 1 heterocycles. The Kier molecular flexibility index (Phi) is 7.30. The lowest BCUT2D eigenvalue weighted by atomic mass is 10.1. The Labute approximate surface area is 175 Å². The van der Waals surface area contributed by atoms with Gasteiger partial charge in [0.05, 0.1) is 11.8 Å². The first kappa shape index (κ1) is 20.9. The quantitative estimate of drug-likeness (QED) is 0.543. The number of hydrogen-bond donors (Lipinski definition) is 1. The molecule has 1 N–H and O–H groups in total. The van der Waals surface area contributed by atoms with Crippen LogP contribution in [0.1, 0.15) is 36.8 Å². The molecule has 0 unspecified atom stereocenters. The van der Waals surface area contributed by atoms with Crippen LogP contribution in [0, 0.1) is 0 Å². The Morgan fingerprint density at radius 3 is 2.52 bits per heavy atom. The molecule has 6 nitrogen and oxygen atoms in total. The fourth-order valence-electron chi connectivity index (χ4n) is 2.95. The molecule has 0 aliphatic carbocycles. The summed E-state index contributed by atoms with van der Waals surface area (Å²) >= 11 is 1.37. The highest BCUT2D eigenvalue weighted by molar-refractivity contribution is 7.99. The second kappa shape index (κ2) is 10.1. The van der Waals surface area contributed by atoms with Crippen LogP contribution in [0.25, 0.3) is 0 Å². The lowest BCUT2D eigenvalue weighted by molar-refractivity contribution is -0.118. The minimum atomic E-state index is -0.0503. The molecule has 1 atom stereocenters. The number of benzene rings is 2. The smallest absolute Gasteiger partial charge is 0.230 e. The molecular formula is C22H26N4O2S. The van der Waals surface area contributed by atoms with Gasteiger partial charge in [-0.3, -0.25) is 9.36 Å². The van der Waals surface area contributed by atoms with Crippen molar-refractivity contribution in [1.29, 1.82) is 0 Å². The van der Waals surface area contributed by atoms with Crippen LogP contribution in [0.15, 0.2) is 59.8 Å². The minimum Gasteiger partial charge on any atom is -0.486 e. The maximum Gasteiger partial charge on any atom is 0.230 e. The molecule has 0 saturated carbocycles. The van der Waals surface area contributed by atoms with Crippen molar-refractivity contribution in [2.45, 2.75) is 38.1 Å². The largest absolute Gasteiger partial charge is 0.486 e. The third-order valence-corrected chi connectivity index (χ3v) is 5.66. The summed E-state index contributed by atoms with van der Waals surface area (Å²) in [7, 11) is 1.63. The maximum atomic E-state index is 11.7. The van der Waals surface area contributed by atoms with Gasteiger partial charge in [-0.2, -0.15) is 0 Å². The first-order valence-corrected chi connectivity index (χ1v) is 10.6. The van der Waals surface area contributed by atoms with E-state index in [0.29, 0.717) is 11.8 Å². The monoisotopic (exact) mass is 410 g/mol. The van der Waals surface area contributed by atoms with Gasteiger partial charge in [0.1, 0.15) is 12.4 Å². The number of aryl methyl sites for hydroxylation is 1. The Morgan fingerprint density at radius 2 is 1.86 bits per heavy atom. The van der Waals surface area contributed by atoms with Gasteiger partial charge in [0.2, 0.25) is 5.91 Å². The van der Waals surface area contributed by atoms with Crippen molar-refractivity contribution < 1.29 is 9.53 Å². The standard InChI is InChI=1S/C22H26N4O2S/c1-4-17-10-12-19(13-11-17)28-14-20-24-25-22(29-15-21(27)23-3)26(20)16(2)18-8-6-5-7-9-18/h5-13,16H,4,14-15H2,1-3H3,(H,23,27)/t16-/m1/s1. The number of hydrogen-bond acceptors (Lipinski definition) is 5. The minimum absolute atomic E-state index is 0.0134. The van der Waals surface area contributed by atoms with Crippen LogP contribution < -0.4 is 10.1 Å². The third kappa shape index (κ3) is 5.38. The topological polar surface area (TPSA) is 69.0 Å². The summed E-state index contributed by atoms with van der Waals surface area (Å²) in [6.45, 7) is 4.53. The highest BCUT2D eigenvalue weighted by Crippen LogP contribution is 2.27. The summed E-state index contributed by atoms with van der Waals surface area (Å²) in [5, 5.41) is 12.0. The van der Waals surface area contributed by atoms with E-state index in [1.54, 1.807) is 7.05 Å². The van der Waals surface area contributed by atoms with Crippen LogP contribution in [-0.2, 0) is 17.8 Å². The van der Waals surface area contributed by atoms with Crippen molar-refractivity contribution in [3.05, 3.63) is 71.5 Å². The summed E-state index contributed by atoms with van der Waals surface area (Å²) < 4.78 is 8.01. The number of nitrogens with zero attached hydrogens (tertiary/aromatic N) is 3. The third-order valence-electron chi connectivity index (χ3n) is 4.72. The molecule has 152 valence electrons. The van der Waals surface area contributed by atoms with E-state index in [1.165, 1.54) is 17.3 Å². The molecule has 1 aromatic heterocycles. The normalized spacial score (nSPS) is 11.8. The van der Waals surface area contributed by atoms with E-state index >= 15 is 0 Å². The van der Waals surface area contributed by atoms with Gasteiger partial charge in [-0.15, -0.1) is 10.2 Å². The molecule has 0 radical (unpaired) electrons. The Morgan fingerprint density at radius 1 is 1.14 bits per heavy atom. The van der Waals surface area contributed by atoms with Gasteiger partial charge in [-0.25, -0.2) is 0 Å². The van der Waals surface area contributed by atoms with Gasteiger partial charge in [0.15, 0.2) is 11.0 Å². The lowest BCUT2D eigenvalue weighted by Crippen LogP contribution is -2.20. The second-order valence-electron chi connectivity index (χ2n) is 6.60. The van der Waals surface area contributed by atoms with Crippen LogP contribution in [0.2, 0.25) is 0 Å².